The zero-order chi connectivity index (χ0) is 14.4. The van der Waals surface area contributed by atoms with Gasteiger partial charge in [0.05, 0.1) is 11.5 Å². The molecule has 0 heterocycles. The lowest BCUT2D eigenvalue weighted by Crippen LogP contribution is -2.13. The van der Waals surface area contributed by atoms with E-state index < -0.39 is 5.41 Å². The first-order valence-electron chi connectivity index (χ1n) is 6.91. The van der Waals surface area contributed by atoms with Gasteiger partial charge in [-0.25, -0.2) is 0 Å². The van der Waals surface area contributed by atoms with Crippen molar-refractivity contribution in [2.45, 2.75) is 25.7 Å². The Bertz CT molecular complexity index is 577. The summed E-state index contributed by atoms with van der Waals surface area (Å²) in [5.41, 5.74) is 3.05. The fourth-order valence-corrected chi connectivity index (χ4v) is 2.07. The fourth-order valence-electron chi connectivity index (χ4n) is 2.07. The van der Waals surface area contributed by atoms with Crippen molar-refractivity contribution in [3.8, 4) is 6.07 Å². The number of nitrogens with zero attached hydrogens (tertiary/aromatic N) is 1. The molecule has 0 aliphatic heterocycles. The molecule has 0 saturated heterocycles. The van der Waals surface area contributed by atoms with Gasteiger partial charge in [-0.2, -0.15) is 5.26 Å². The summed E-state index contributed by atoms with van der Waals surface area (Å²) >= 11 is 0. The van der Waals surface area contributed by atoms with Crippen molar-refractivity contribution in [3.63, 3.8) is 0 Å². The van der Waals surface area contributed by atoms with Gasteiger partial charge in [-0.05, 0) is 43.5 Å². The molecular formula is C18H20N2. The van der Waals surface area contributed by atoms with Crippen molar-refractivity contribution < 1.29 is 0 Å². The monoisotopic (exact) mass is 264 g/mol. The topological polar surface area (TPSA) is 35.8 Å². The summed E-state index contributed by atoms with van der Waals surface area (Å²) in [7, 11) is 0. The molecule has 0 saturated carbocycles. The number of hydrogen-bond donors (Lipinski definition) is 1. The first-order chi connectivity index (χ1) is 9.62. The van der Waals surface area contributed by atoms with Crippen molar-refractivity contribution >= 4 is 5.69 Å². The molecule has 102 valence electrons. The Labute approximate surface area is 121 Å². The Balaban J connectivity index is 1.90. The predicted octanol–water partition coefficient (Wildman–Crippen LogP) is 4.14. The van der Waals surface area contributed by atoms with Crippen molar-refractivity contribution in [3.05, 3.63) is 65.7 Å². The molecule has 0 radical (unpaired) electrons. The van der Waals surface area contributed by atoms with Gasteiger partial charge >= 0.3 is 0 Å². The van der Waals surface area contributed by atoms with Crippen LogP contribution in [0.3, 0.4) is 0 Å². The fraction of sp³-hybridized carbons (Fsp3) is 0.278. The van der Waals surface area contributed by atoms with Crippen molar-refractivity contribution in [2.24, 2.45) is 0 Å². The summed E-state index contributed by atoms with van der Waals surface area (Å²) in [6, 6.07) is 20.9. The third-order valence-electron chi connectivity index (χ3n) is 3.47. The first-order valence-corrected chi connectivity index (χ1v) is 6.91. The summed E-state index contributed by atoms with van der Waals surface area (Å²) in [5.74, 6) is 0. The molecule has 0 aliphatic carbocycles. The van der Waals surface area contributed by atoms with Gasteiger partial charge in [0.2, 0.25) is 0 Å². The standard InChI is InChI=1S/C18H20N2/c1-18(2,14-19)16-8-10-17(11-9-16)20-13-12-15-6-4-3-5-7-15/h3-11,20H,12-13H2,1-2H3. The molecule has 0 unspecified atom stereocenters. The van der Waals surface area contributed by atoms with Crippen LogP contribution in [0.25, 0.3) is 0 Å². The Morgan fingerprint density at radius 2 is 1.65 bits per heavy atom. The zero-order valence-corrected chi connectivity index (χ0v) is 12.1. The Kier molecular flexibility index (Phi) is 4.42. The maximum absolute atomic E-state index is 9.12. The van der Waals surface area contributed by atoms with E-state index >= 15 is 0 Å². The second-order valence-electron chi connectivity index (χ2n) is 5.48. The molecule has 2 aromatic carbocycles. The van der Waals surface area contributed by atoms with Gasteiger partial charge < -0.3 is 5.32 Å². The van der Waals surface area contributed by atoms with E-state index in [9.17, 15) is 0 Å². The maximum atomic E-state index is 9.12. The van der Waals surface area contributed by atoms with Crippen LogP contribution in [0.5, 0.6) is 0 Å². The quantitative estimate of drug-likeness (QED) is 0.881. The van der Waals surface area contributed by atoms with Crippen molar-refractivity contribution in [1.29, 1.82) is 5.26 Å². The highest BCUT2D eigenvalue weighted by Gasteiger charge is 2.18. The van der Waals surface area contributed by atoms with Crippen LogP contribution in [0, 0.1) is 11.3 Å². The van der Waals surface area contributed by atoms with Crippen molar-refractivity contribution in [2.75, 3.05) is 11.9 Å². The Hall–Kier alpha value is -2.27. The lowest BCUT2D eigenvalue weighted by Gasteiger charge is -2.16. The molecule has 0 atom stereocenters. The molecule has 20 heavy (non-hydrogen) atoms. The third kappa shape index (κ3) is 3.61. The highest BCUT2D eigenvalue weighted by Crippen LogP contribution is 2.23. The highest BCUT2D eigenvalue weighted by atomic mass is 14.9. The SMILES string of the molecule is CC(C)(C#N)c1ccc(NCCc2ccccc2)cc1. The lowest BCUT2D eigenvalue weighted by atomic mass is 9.86. The Morgan fingerprint density at radius 3 is 2.25 bits per heavy atom. The van der Waals surface area contributed by atoms with Gasteiger partial charge in [-0.1, -0.05) is 42.5 Å². The minimum atomic E-state index is -0.428. The van der Waals surface area contributed by atoms with Gasteiger partial charge in [0.15, 0.2) is 0 Å². The second kappa shape index (κ2) is 6.25. The number of nitriles is 1. The van der Waals surface area contributed by atoms with Gasteiger partial charge in [-0.3, -0.25) is 0 Å². The molecule has 1 N–H and O–H groups in total. The van der Waals surface area contributed by atoms with Crippen LogP contribution in [0.2, 0.25) is 0 Å². The van der Waals surface area contributed by atoms with Crippen molar-refractivity contribution in [1.82, 2.24) is 0 Å². The van der Waals surface area contributed by atoms with Crippen LogP contribution in [0.1, 0.15) is 25.0 Å². The van der Waals surface area contributed by atoms with E-state index in [0.29, 0.717) is 0 Å². The van der Waals surface area contributed by atoms with Gasteiger partial charge in [-0.15, -0.1) is 0 Å². The van der Waals surface area contributed by atoms with E-state index in [1.165, 1.54) is 5.56 Å². The van der Waals surface area contributed by atoms with E-state index in [0.717, 1.165) is 24.2 Å². The summed E-state index contributed by atoms with van der Waals surface area (Å²) in [6.45, 7) is 4.78. The smallest absolute Gasteiger partial charge is 0.0766 e. The highest BCUT2D eigenvalue weighted by molar-refractivity contribution is 5.47. The minimum Gasteiger partial charge on any atom is -0.385 e. The second-order valence-corrected chi connectivity index (χ2v) is 5.48. The minimum absolute atomic E-state index is 0.428. The van der Waals surface area contributed by atoms with Gasteiger partial charge in [0.25, 0.3) is 0 Å². The largest absolute Gasteiger partial charge is 0.385 e. The van der Waals surface area contributed by atoms with Crippen LogP contribution >= 0.6 is 0 Å². The van der Waals surface area contributed by atoms with Gasteiger partial charge in [0.1, 0.15) is 0 Å². The Morgan fingerprint density at radius 1 is 1.00 bits per heavy atom. The normalized spacial score (nSPS) is 10.8. The zero-order valence-electron chi connectivity index (χ0n) is 12.1. The van der Waals surface area contributed by atoms with E-state index in [2.05, 4.69) is 35.7 Å². The van der Waals surface area contributed by atoms with E-state index in [1.54, 1.807) is 0 Å². The third-order valence-corrected chi connectivity index (χ3v) is 3.47. The molecule has 0 spiro atoms. The molecule has 0 amide bonds. The molecular weight excluding hydrogens is 244 g/mol. The average molecular weight is 264 g/mol. The molecule has 0 aliphatic rings. The average Bonchev–Trinajstić information content (AvgIpc) is 2.49. The molecule has 2 rings (SSSR count). The van der Waals surface area contributed by atoms with E-state index in [1.807, 2.05) is 44.2 Å². The van der Waals surface area contributed by atoms with Crippen LogP contribution < -0.4 is 5.32 Å². The van der Waals surface area contributed by atoms with Gasteiger partial charge in [0, 0.05) is 12.2 Å². The van der Waals surface area contributed by atoms with E-state index in [-0.39, 0.29) is 0 Å². The van der Waals surface area contributed by atoms with Crippen LogP contribution in [0.15, 0.2) is 54.6 Å². The summed E-state index contributed by atoms with van der Waals surface area (Å²) in [6.07, 6.45) is 1.01. The van der Waals surface area contributed by atoms with Crippen LogP contribution in [-0.2, 0) is 11.8 Å². The maximum Gasteiger partial charge on any atom is 0.0766 e. The molecule has 0 aromatic heterocycles. The molecule has 2 heteroatoms. The number of anilines is 1. The number of benzene rings is 2. The first kappa shape index (κ1) is 14.1. The number of rotatable bonds is 5. The number of hydrogen-bond acceptors (Lipinski definition) is 2. The summed E-state index contributed by atoms with van der Waals surface area (Å²) < 4.78 is 0. The molecule has 2 nitrogen and oxygen atoms in total. The number of nitrogens with one attached hydrogen (secondary N) is 1. The summed E-state index contributed by atoms with van der Waals surface area (Å²) in [4.78, 5) is 0. The molecule has 0 bridgehead atoms. The van der Waals surface area contributed by atoms with Crippen LogP contribution in [0.4, 0.5) is 5.69 Å². The van der Waals surface area contributed by atoms with Crippen LogP contribution in [-0.4, -0.2) is 6.54 Å². The van der Waals surface area contributed by atoms with E-state index in [4.69, 9.17) is 5.26 Å². The lowest BCUT2D eigenvalue weighted by molar-refractivity contribution is 0.687. The molecule has 0 fully saturated rings. The summed E-state index contributed by atoms with van der Waals surface area (Å²) in [5, 5.41) is 12.5. The molecule has 2 aromatic rings. The predicted molar refractivity (Wildman–Crippen MR) is 83.7 cm³/mol.